The molecule has 3 aliphatic heterocycles. The van der Waals surface area contributed by atoms with E-state index in [4.69, 9.17) is 18.9 Å². The van der Waals surface area contributed by atoms with Crippen molar-refractivity contribution in [3.63, 3.8) is 0 Å². The van der Waals surface area contributed by atoms with Gasteiger partial charge in [-0.15, -0.1) is 0 Å². The summed E-state index contributed by atoms with van der Waals surface area (Å²) in [7, 11) is 0. The highest BCUT2D eigenvalue weighted by molar-refractivity contribution is 5.99. The van der Waals surface area contributed by atoms with E-state index in [1.807, 2.05) is 48.5 Å². The molecule has 0 radical (unpaired) electrons. The van der Waals surface area contributed by atoms with Crippen LogP contribution in [0.2, 0.25) is 0 Å². The number of ether oxygens (including phenoxy) is 4. The zero-order valence-electron chi connectivity index (χ0n) is 27.7. The van der Waals surface area contributed by atoms with E-state index in [1.54, 1.807) is 12.1 Å². The zero-order chi connectivity index (χ0) is 32.7. The number of rotatable bonds is 12. The summed E-state index contributed by atoms with van der Waals surface area (Å²) in [4.78, 5) is 17.8. The molecule has 4 aromatic carbocycles. The lowest BCUT2D eigenvalue weighted by molar-refractivity contribution is 0.0734. The number of esters is 1. The Morgan fingerprint density at radius 1 is 0.667 bits per heavy atom. The third-order valence-corrected chi connectivity index (χ3v) is 9.51. The van der Waals surface area contributed by atoms with Gasteiger partial charge in [-0.05, 0) is 135 Å². The topological polar surface area (TPSA) is 60.5 Å². The normalized spacial score (nSPS) is 16.7. The van der Waals surface area contributed by atoms with Crippen LogP contribution in [0, 0.1) is 0 Å². The smallest absolute Gasteiger partial charge is 0.343 e. The number of likely N-dealkylation sites (tertiary alicyclic amines) is 2. The Labute approximate surface area is 283 Å². The molecule has 7 rings (SSSR count). The maximum Gasteiger partial charge on any atom is 0.343 e. The van der Waals surface area contributed by atoms with Crippen LogP contribution >= 0.6 is 0 Å². The van der Waals surface area contributed by atoms with E-state index in [0.29, 0.717) is 11.3 Å². The van der Waals surface area contributed by atoms with Gasteiger partial charge in [0.05, 0.1) is 5.56 Å². The second-order valence-electron chi connectivity index (χ2n) is 12.8. The van der Waals surface area contributed by atoms with Gasteiger partial charge in [-0.2, -0.15) is 0 Å². The van der Waals surface area contributed by atoms with Crippen LogP contribution in [0.1, 0.15) is 66.1 Å². The molecule has 3 heterocycles. The fourth-order valence-electron chi connectivity index (χ4n) is 7.09. The van der Waals surface area contributed by atoms with Gasteiger partial charge in [0, 0.05) is 13.1 Å². The Morgan fingerprint density at radius 3 is 1.83 bits per heavy atom. The first-order chi connectivity index (χ1) is 23.6. The summed E-state index contributed by atoms with van der Waals surface area (Å²) in [6, 6.07) is 31.5. The van der Waals surface area contributed by atoms with E-state index in [2.05, 4.69) is 53.1 Å². The number of fused-ring (bicyclic) bond motifs is 1. The van der Waals surface area contributed by atoms with Crippen LogP contribution in [0.3, 0.4) is 0 Å². The van der Waals surface area contributed by atoms with Crippen molar-refractivity contribution in [1.29, 1.82) is 0 Å². The van der Waals surface area contributed by atoms with Gasteiger partial charge in [0.25, 0.3) is 0 Å². The Morgan fingerprint density at radius 2 is 1.23 bits per heavy atom. The summed E-state index contributed by atoms with van der Waals surface area (Å²) < 4.78 is 23.8. The first-order valence-electron chi connectivity index (χ1n) is 17.4. The summed E-state index contributed by atoms with van der Waals surface area (Å²) in [6.45, 7) is 9.00. The summed E-state index contributed by atoms with van der Waals surface area (Å²) in [5.74, 6) is 2.53. The van der Waals surface area contributed by atoms with Crippen molar-refractivity contribution >= 4 is 17.1 Å². The molecule has 0 amide bonds. The molecule has 7 heteroatoms. The van der Waals surface area contributed by atoms with Gasteiger partial charge in [0.15, 0.2) is 11.5 Å². The minimum Gasteiger partial charge on any atom is -0.488 e. The fraction of sp³-hybridized carbons (Fsp3) is 0.341. The van der Waals surface area contributed by atoms with Gasteiger partial charge >= 0.3 is 5.97 Å². The number of nitrogens with zero attached hydrogens (tertiary/aromatic N) is 2. The highest BCUT2D eigenvalue weighted by atomic mass is 16.7. The number of hydrogen-bond donors (Lipinski definition) is 0. The average molecular weight is 645 g/mol. The third-order valence-electron chi connectivity index (χ3n) is 9.51. The van der Waals surface area contributed by atoms with Crippen LogP contribution in [0.4, 0.5) is 0 Å². The predicted molar refractivity (Wildman–Crippen MR) is 189 cm³/mol. The van der Waals surface area contributed by atoms with E-state index >= 15 is 0 Å². The zero-order valence-corrected chi connectivity index (χ0v) is 27.7. The molecule has 0 N–H and O–H groups in total. The Hall–Kier alpha value is -4.59. The van der Waals surface area contributed by atoms with Gasteiger partial charge in [-0.25, -0.2) is 4.79 Å². The lowest BCUT2D eigenvalue weighted by Crippen LogP contribution is -2.41. The molecule has 0 saturated carbocycles. The minimum atomic E-state index is -0.378. The molecule has 48 heavy (non-hydrogen) atoms. The predicted octanol–water partition coefficient (Wildman–Crippen LogP) is 7.94. The van der Waals surface area contributed by atoms with E-state index in [-0.39, 0.29) is 18.9 Å². The van der Waals surface area contributed by atoms with Crippen molar-refractivity contribution < 1.29 is 23.7 Å². The average Bonchev–Trinajstić information content (AvgIpc) is 3.93. The van der Waals surface area contributed by atoms with E-state index < -0.39 is 0 Å². The molecule has 0 aliphatic carbocycles. The Balaban J connectivity index is 1.18. The molecule has 0 bridgehead atoms. The standard InChI is InChI=1S/C41H44N2O5/c1-2-37(33-16-21-38-39(26-33)46-29-45-38)40(31-14-19-35(20-15-31)48-41(44)32-10-4-3-5-11-32)30-12-17-34(18-13-30)47-36(27-42-22-6-7-23-42)28-43-24-8-9-25-43/h3-5,10-21,26,36H,2,6-9,22-25,27-29H2,1H3. The minimum absolute atomic E-state index is 0.132. The quantitative estimate of drug-likeness (QED) is 0.0882. The van der Waals surface area contributed by atoms with Crippen molar-refractivity contribution in [3.05, 3.63) is 119 Å². The number of hydrogen-bond acceptors (Lipinski definition) is 7. The molecule has 0 unspecified atom stereocenters. The van der Waals surface area contributed by atoms with Gasteiger partial charge in [-0.3, -0.25) is 9.80 Å². The van der Waals surface area contributed by atoms with Crippen LogP contribution in [-0.4, -0.2) is 67.9 Å². The number of allylic oxidation sites excluding steroid dienone is 1. The van der Waals surface area contributed by atoms with Crippen molar-refractivity contribution in [2.45, 2.75) is 45.1 Å². The van der Waals surface area contributed by atoms with Gasteiger partial charge in [0.1, 0.15) is 17.6 Å². The summed E-state index contributed by atoms with van der Waals surface area (Å²) in [5, 5.41) is 0. The van der Waals surface area contributed by atoms with E-state index in [1.165, 1.54) is 31.3 Å². The summed E-state index contributed by atoms with van der Waals surface area (Å²) in [5.41, 5.74) is 5.99. The molecule has 2 fully saturated rings. The Bertz CT molecular complexity index is 1690. The van der Waals surface area contributed by atoms with Crippen molar-refractivity contribution in [2.24, 2.45) is 0 Å². The highest BCUT2D eigenvalue weighted by Crippen LogP contribution is 2.40. The number of benzene rings is 4. The monoisotopic (exact) mass is 644 g/mol. The van der Waals surface area contributed by atoms with Gasteiger partial charge in [0.2, 0.25) is 6.79 Å². The number of carbonyl (C=O) groups is 1. The lowest BCUT2D eigenvalue weighted by Gasteiger charge is -2.28. The SMILES string of the molecule is CCC(=C(c1ccc(OC(=O)c2ccccc2)cc1)c1ccc(OC(CN2CCCC2)CN2CCCC2)cc1)c1ccc2c(c1)OCO2. The van der Waals surface area contributed by atoms with Crippen LogP contribution in [0.5, 0.6) is 23.0 Å². The molecule has 3 aliphatic rings. The van der Waals surface area contributed by atoms with E-state index in [9.17, 15) is 4.79 Å². The maximum absolute atomic E-state index is 12.7. The van der Waals surface area contributed by atoms with Crippen molar-refractivity contribution in [1.82, 2.24) is 9.80 Å². The highest BCUT2D eigenvalue weighted by Gasteiger charge is 2.24. The molecule has 0 aromatic heterocycles. The molecule has 2 saturated heterocycles. The number of carbonyl (C=O) groups excluding carboxylic acids is 1. The van der Waals surface area contributed by atoms with E-state index in [0.717, 1.165) is 85.2 Å². The van der Waals surface area contributed by atoms with Gasteiger partial charge < -0.3 is 18.9 Å². The van der Waals surface area contributed by atoms with Crippen LogP contribution in [-0.2, 0) is 0 Å². The van der Waals surface area contributed by atoms with Crippen LogP contribution in [0.25, 0.3) is 11.1 Å². The summed E-state index contributed by atoms with van der Waals surface area (Å²) in [6.07, 6.45) is 6.04. The van der Waals surface area contributed by atoms with Gasteiger partial charge in [-0.1, -0.05) is 55.5 Å². The summed E-state index contributed by atoms with van der Waals surface area (Å²) >= 11 is 0. The third kappa shape index (κ3) is 7.59. The molecule has 248 valence electrons. The lowest BCUT2D eigenvalue weighted by atomic mass is 9.88. The van der Waals surface area contributed by atoms with Crippen molar-refractivity contribution in [3.8, 4) is 23.0 Å². The van der Waals surface area contributed by atoms with Crippen LogP contribution in [0.15, 0.2) is 97.1 Å². The Kier molecular flexibility index (Phi) is 10.1. The first kappa shape index (κ1) is 32.0. The molecular weight excluding hydrogens is 600 g/mol. The first-order valence-corrected chi connectivity index (χ1v) is 17.4. The largest absolute Gasteiger partial charge is 0.488 e. The fourth-order valence-corrected chi connectivity index (χ4v) is 7.09. The molecule has 0 atom stereocenters. The van der Waals surface area contributed by atoms with Crippen molar-refractivity contribution in [2.75, 3.05) is 46.1 Å². The molecular formula is C41H44N2O5. The molecule has 7 nitrogen and oxygen atoms in total. The maximum atomic E-state index is 12.7. The second-order valence-corrected chi connectivity index (χ2v) is 12.8. The second kappa shape index (κ2) is 15.1. The molecule has 4 aromatic rings. The van der Waals surface area contributed by atoms with Crippen LogP contribution < -0.4 is 18.9 Å². The molecule has 0 spiro atoms.